The molecule has 1 heterocycles. The molecule has 8 heteroatoms. The maximum atomic E-state index is 13.0. The van der Waals surface area contributed by atoms with Gasteiger partial charge in [0.25, 0.3) is 11.1 Å². The third-order valence-corrected chi connectivity index (χ3v) is 5.87. The van der Waals surface area contributed by atoms with Crippen LogP contribution in [0.5, 0.6) is 11.5 Å². The molecule has 1 fully saturated rings. The van der Waals surface area contributed by atoms with Crippen LogP contribution in [0, 0.1) is 5.82 Å². The minimum atomic E-state index is -0.323. The van der Waals surface area contributed by atoms with Crippen LogP contribution >= 0.6 is 23.4 Å². The number of thioether (sulfide) groups is 1. The Kier molecular flexibility index (Phi) is 7.05. The summed E-state index contributed by atoms with van der Waals surface area (Å²) in [6, 6.07) is 9.11. The number of nitrogens with zero attached hydrogens (tertiary/aromatic N) is 1. The second-order valence-electron chi connectivity index (χ2n) is 6.76. The lowest BCUT2D eigenvalue weighted by molar-refractivity contribution is -0.124. The van der Waals surface area contributed by atoms with Gasteiger partial charge in [-0.15, -0.1) is 0 Å². The van der Waals surface area contributed by atoms with Crippen molar-refractivity contribution in [3.63, 3.8) is 0 Å². The van der Waals surface area contributed by atoms with Gasteiger partial charge in [-0.05, 0) is 66.6 Å². The molecule has 0 aliphatic carbocycles. The van der Waals surface area contributed by atoms with Crippen LogP contribution in [-0.2, 0) is 11.4 Å². The minimum absolute atomic E-state index is 0.163. The minimum Gasteiger partial charge on any atom is -0.493 e. The van der Waals surface area contributed by atoms with E-state index in [9.17, 15) is 14.0 Å². The van der Waals surface area contributed by atoms with E-state index in [-0.39, 0.29) is 29.6 Å². The van der Waals surface area contributed by atoms with E-state index in [0.717, 1.165) is 17.3 Å². The van der Waals surface area contributed by atoms with Crippen LogP contribution in [0.4, 0.5) is 9.18 Å². The standard InChI is InChI=1S/C22H21ClFNO4S/c1-4-13(2)25-21(26)19(30-22(25)27)11-15-9-17(23)20(18(10-15)28-3)29-12-14-5-7-16(24)8-6-14/h5-11,13H,4,12H2,1-3H3/b19-11+/t13-/m0/s1. The van der Waals surface area contributed by atoms with Gasteiger partial charge in [-0.2, -0.15) is 0 Å². The van der Waals surface area contributed by atoms with Gasteiger partial charge in [0.15, 0.2) is 11.5 Å². The molecular formula is C22H21ClFNO4S. The van der Waals surface area contributed by atoms with E-state index in [0.29, 0.717) is 33.4 Å². The fourth-order valence-corrected chi connectivity index (χ4v) is 4.10. The first-order valence-corrected chi connectivity index (χ1v) is 10.5. The zero-order chi connectivity index (χ0) is 21.8. The number of carbonyl (C=O) groups excluding carboxylic acids is 2. The van der Waals surface area contributed by atoms with Crippen LogP contribution < -0.4 is 9.47 Å². The number of imide groups is 1. The van der Waals surface area contributed by atoms with Gasteiger partial charge in [0, 0.05) is 6.04 Å². The Labute approximate surface area is 183 Å². The largest absolute Gasteiger partial charge is 0.493 e. The van der Waals surface area contributed by atoms with Crippen molar-refractivity contribution in [1.29, 1.82) is 0 Å². The smallest absolute Gasteiger partial charge is 0.293 e. The van der Waals surface area contributed by atoms with E-state index in [4.69, 9.17) is 21.1 Å². The molecule has 0 bridgehead atoms. The summed E-state index contributed by atoms with van der Waals surface area (Å²) in [4.78, 5) is 26.4. The molecule has 0 radical (unpaired) electrons. The van der Waals surface area contributed by atoms with Crippen LogP contribution in [0.25, 0.3) is 6.08 Å². The first-order chi connectivity index (χ1) is 14.3. The van der Waals surface area contributed by atoms with Gasteiger partial charge in [-0.3, -0.25) is 14.5 Å². The van der Waals surface area contributed by atoms with Crippen molar-refractivity contribution in [2.45, 2.75) is 32.9 Å². The molecule has 2 amide bonds. The van der Waals surface area contributed by atoms with E-state index >= 15 is 0 Å². The topological polar surface area (TPSA) is 55.8 Å². The molecular weight excluding hydrogens is 429 g/mol. The number of amides is 2. The van der Waals surface area contributed by atoms with Crippen LogP contribution in [0.3, 0.4) is 0 Å². The zero-order valence-electron chi connectivity index (χ0n) is 16.8. The van der Waals surface area contributed by atoms with Crippen molar-refractivity contribution < 1.29 is 23.5 Å². The Bertz CT molecular complexity index is 993. The summed E-state index contributed by atoms with van der Waals surface area (Å²) in [5, 5.41) is 0.0155. The fourth-order valence-electron chi connectivity index (χ4n) is 2.89. The Balaban J connectivity index is 1.83. The third kappa shape index (κ3) is 4.79. The molecule has 0 unspecified atom stereocenters. The van der Waals surface area contributed by atoms with Gasteiger partial charge in [0.05, 0.1) is 17.0 Å². The van der Waals surface area contributed by atoms with E-state index in [1.165, 1.54) is 24.1 Å². The quantitative estimate of drug-likeness (QED) is 0.492. The molecule has 158 valence electrons. The van der Waals surface area contributed by atoms with Crippen LogP contribution in [0.15, 0.2) is 41.3 Å². The second-order valence-corrected chi connectivity index (χ2v) is 8.16. The Morgan fingerprint density at radius 2 is 1.93 bits per heavy atom. The van der Waals surface area contributed by atoms with Crippen LogP contribution in [-0.4, -0.2) is 29.2 Å². The molecule has 3 rings (SSSR count). The SMILES string of the molecule is CC[C@H](C)N1C(=O)S/C(=C/c2cc(Cl)c(OCc3ccc(F)cc3)c(OC)c2)C1=O. The highest BCUT2D eigenvalue weighted by atomic mass is 35.5. The number of methoxy groups -OCH3 is 1. The van der Waals surface area contributed by atoms with Crippen molar-refractivity contribution in [3.05, 3.63) is 63.3 Å². The van der Waals surface area contributed by atoms with Gasteiger partial charge < -0.3 is 9.47 Å². The van der Waals surface area contributed by atoms with Gasteiger partial charge in [0.1, 0.15) is 12.4 Å². The summed E-state index contributed by atoms with van der Waals surface area (Å²) in [5.41, 5.74) is 1.39. The fraction of sp³-hybridized carbons (Fsp3) is 0.273. The molecule has 1 aliphatic rings. The number of hydrogen-bond donors (Lipinski definition) is 0. The monoisotopic (exact) mass is 449 g/mol. The molecule has 5 nitrogen and oxygen atoms in total. The molecule has 1 saturated heterocycles. The van der Waals surface area contributed by atoms with Crippen molar-refractivity contribution in [3.8, 4) is 11.5 Å². The van der Waals surface area contributed by atoms with E-state index < -0.39 is 0 Å². The lowest BCUT2D eigenvalue weighted by atomic mass is 10.1. The summed E-state index contributed by atoms with van der Waals surface area (Å²) in [7, 11) is 1.48. The average molecular weight is 450 g/mol. The number of benzene rings is 2. The number of halogens is 2. The van der Waals surface area contributed by atoms with E-state index in [2.05, 4.69) is 0 Å². The summed E-state index contributed by atoms with van der Waals surface area (Å²) in [6.07, 6.45) is 2.30. The van der Waals surface area contributed by atoms with Crippen molar-refractivity contribution in [2.24, 2.45) is 0 Å². The van der Waals surface area contributed by atoms with Crippen molar-refractivity contribution in [1.82, 2.24) is 4.90 Å². The van der Waals surface area contributed by atoms with Crippen LogP contribution in [0.2, 0.25) is 5.02 Å². The molecule has 2 aromatic rings. The van der Waals surface area contributed by atoms with Gasteiger partial charge in [-0.25, -0.2) is 4.39 Å². The maximum Gasteiger partial charge on any atom is 0.293 e. The van der Waals surface area contributed by atoms with Gasteiger partial charge in [0.2, 0.25) is 0 Å². The molecule has 0 N–H and O–H groups in total. The second kappa shape index (κ2) is 9.53. The van der Waals surface area contributed by atoms with Crippen molar-refractivity contribution >= 4 is 40.6 Å². The Morgan fingerprint density at radius 3 is 2.57 bits per heavy atom. The normalized spacial score (nSPS) is 16.3. The molecule has 30 heavy (non-hydrogen) atoms. The molecule has 0 saturated carbocycles. The highest BCUT2D eigenvalue weighted by molar-refractivity contribution is 8.18. The lowest BCUT2D eigenvalue weighted by Gasteiger charge is -2.19. The molecule has 1 aliphatic heterocycles. The van der Waals surface area contributed by atoms with Gasteiger partial charge in [-0.1, -0.05) is 30.7 Å². The number of rotatable bonds is 7. The predicted molar refractivity (Wildman–Crippen MR) is 116 cm³/mol. The summed E-state index contributed by atoms with van der Waals surface area (Å²) < 4.78 is 24.2. The van der Waals surface area contributed by atoms with E-state index in [1.54, 1.807) is 30.3 Å². The van der Waals surface area contributed by atoms with Crippen LogP contribution in [0.1, 0.15) is 31.4 Å². The lowest BCUT2D eigenvalue weighted by Crippen LogP contribution is -2.36. The predicted octanol–water partition coefficient (Wildman–Crippen LogP) is 5.90. The zero-order valence-corrected chi connectivity index (χ0v) is 18.3. The first-order valence-electron chi connectivity index (χ1n) is 9.35. The first kappa shape index (κ1) is 22.2. The average Bonchev–Trinajstić information content (AvgIpc) is 3.00. The Hall–Kier alpha value is -2.51. The summed E-state index contributed by atoms with van der Waals surface area (Å²) in [5.74, 6) is 0.0907. The summed E-state index contributed by atoms with van der Waals surface area (Å²) >= 11 is 7.30. The number of ether oxygens (including phenoxy) is 2. The number of carbonyl (C=O) groups is 2. The molecule has 0 spiro atoms. The summed E-state index contributed by atoms with van der Waals surface area (Å²) in [6.45, 7) is 3.95. The van der Waals surface area contributed by atoms with Gasteiger partial charge >= 0.3 is 0 Å². The highest BCUT2D eigenvalue weighted by Crippen LogP contribution is 2.39. The van der Waals surface area contributed by atoms with E-state index in [1.807, 2.05) is 13.8 Å². The number of hydrogen-bond acceptors (Lipinski definition) is 5. The third-order valence-electron chi connectivity index (χ3n) is 4.70. The Morgan fingerprint density at radius 1 is 1.23 bits per heavy atom. The molecule has 1 atom stereocenters. The highest BCUT2D eigenvalue weighted by Gasteiger charge is 2.37. The maximum absolute atomic E-state index is 13.0. The molecule has 2 aromatic carbocycles. The van der Waals surface area contributed by atoms with Crippen molar-refractivity contribution in [2.75, 3.05) is 7.11 Å². The molecule has 0 aromatic heterocycles.